The maximum atomic E-state index is 13.7. The van der Waals surface area contributed by atoms with Gasteiger partial charge < -0.3 is 4.52 Å². The van der Waals surface area contributed by atoms with Crippen LogP contribution in [0.3, 0.4) is 0 Å². The molecule has 1 aliphatic rings. The van der Waals surface area contributed by atoms with Gasteiger partial charge in [-0.1, -0.05) is 17.3 Å². The zero-order valence-corrected chi connectivity index (χ0v) is 14.4. The molecule has 2 heterocycles. The van der Waals surface area contributed by atoms with Crippen molar-refractivity contribution in [2.45, 2.75) is 13.5 Å². The summed E-state index contributed by atoms with van der Waals surface area (Å²) >= 11 is 0. The highest BCUT2D eigenvalue weighted by atomic mass is 19.1. The first-order valence-corrected chi connectivity index (χ1v) is 8.09. The molecule has 2 amide bonds. The fourth-order valence-electron chi connectivity index (χ4n) is 2.84. The molecule has 140 valence electrons. The van der Waals surface area contributed by atoms with Crippen LogP contribution in [0, 0.1) is 22.9 Å². The van der Waals surface area contributed by atoms with Gasteiger partial charge in [-0.05, 0) is 24.6 Å². The normalized spacial score (nSPS) is 13.1. The molecule has 1 aromatic heterocycles. The summed E-state index contributed by atoms with van der Waals surface area (Å²) in [7, 11) is 0. The molecular formula is C18H11FN4O5. The average Bonchev–Trinajstić information content (AvgIpc) is 3.23. The van der Waals surface area contributed by atoms with Gasteiger partial charge in [0, 0.05) is 17.7 Å². The van der Waals surface area contributed by atoms with Gasteiger partial charge in [-0.15, -0.1) is 0 Å². The lowest BCUT2D eigenvalue weighted by Gasteiger charge is -2.09. The Balaban J connectivity index is 1.59. The lowest BCUT2D eigenvalue weighted by molar-refractivity contribution is -0.384. The quantitative estimate of drug-likeness (QED) is 0.386. The minimum absolute atomic E-state index is 0.0278. The predicted octanol–water partition coefficient (Wildman–Crippen LogP) is 2.89. The van der Waals surface area contributed by atoms with Crippen LogP contribution in [0.5, 0.6) is 0 Å². The van der Waals surface area contributed by atoms with E-state index in [-0.39, 0.29) is 35.1 Å². The molecular weight excluding hydrogens is 371 g/mol. The van der Waals surface area contributed by atoms with E-state index in [4.69, 9.17) is 4.52 Å². The number of benzene rings is 2. The molecule has 0 unspecified atom stereocenters. The second kappa shape index (κ2) is 6.34. The average molecular weight is 382 g/mol. The van der Waals surface area contributed by atoms with Gasteiger partial charge in [0.2, 0.25) is 11.7 Å². The number of aromatic nitrogens is 2. The molecule has 4 rings (SSSR count). The monoisotopic (exact) mass is 382 g/mol. The molecule has 0 saturated carbocycles. The largest absolute Gasteiger partial charge is 0.337 e. The van der Waals surface area contributed by atoms with Gasteiger partial charge in [0.1, 0.15) is 12.4 Å². The van der Waals surface area contributed by atoms with E-state index in [1.54, 1.807) is 19.1 Å². The van der Waals surface area contributed by atoms with E-state index < -0.39 is 22.6 Å². The fourth-order valence-corrected chi connectivity index (χ4v) is 2.84. The van der Waals surface area contributed by atoms with E-state index >= 15 is 0 Å². The number of nitrogens with zero attached hydrogens (tertiary/aromatic N) is 4. The minimum atomic E-state index is -0.690. The molecule has 0 spiro atoms. The van der Waals surface area contributed by atoms with Crippen LogP contribution in [-0.4, -0.2) is 31.8 Å². The number of non-ortho nitro benzene ring substituents is 1. The number of nitro benzene ring substituents is 1. The number of halogens is 1. The Morgan fingerprint density at radius 3 is 2.61 bits per heavy atom. The Morgan fingerprint density at radius 2 is 1.89 bits per heavy atom. The Bertz CT molecular complexity index is 1160. The number of amides is 2. The zero-order valence-electron chi connectivity index (χ0n) is 14.4. The van der Waals surface area contributed by atoms with Crippen molar-refractivity contribution in [3.8, 4) is 11.4 Å². The van der Waals surface area contributed by atoms with Crippen molar-refractivity contribution >= 4 is 17.5 Å². The molecule has 9 nitrogen and oxygen atoms in total. The molecule has 10 heteroatoms. The summed E-state index contributed by atoms with van der Waals surface area (Å²) < 4.78 is 18.8. The van der Waals surface area contributed by atoms with Crippen LogP contribution in [0.1, 0.15) is 32.2 Å². The van der Waals surface area contributed by atoms with Crippen molar-refractivity contribution < 1.29 is 23.4 Å². The summed E-state index contributed by atoms with van der Waals surface area (Å²) in [5.74, 6) is -1.65. The number of fused-ring (bicyclic) bond motifs is 1. The summed E-state index contributed by atoms with van der Waals surface area (Å²) in [6.45, 7) is 1.31. The molecule has 28 heavy (non-hydrogen) atoms. The summed E-state index contributed by atoms with van der Waals surface area (Å²) in [5.41, 5.74) is 0.572. The molecule has 0 saturated heterocycles. The smallest absolute Gasteiger partial charge is 0.270 e. The second-order valence-corrected chi connectivity index (χ2v) is 6.16. The van der Waals surface area contributed by atoms with Crippen LogP contribution < -0.4 is 0 Å². The summed E-state index contributed by atoms with van der Waals surface area (Å²) in [6, 6.07) is 7.90. The maximum absolute atomic E-state index is 13.7. The van der Waals surface area contributed by atoms with Crippen molar-refractivity contribution in [2.75, 3.05) is 0 Å². The van der Waals surface area contributed by atoms with Gasteiger partial charge in [-0.25, -0.2) is 4.39 Å². The lowest BCUT2D eigenvalue weighted by Crippen LogP contribution is -2.29. The fraction of sp³-hybridized carbons (Fsp3) is 0.111. The van der Waals surface area contributed by atoms with E-state index in [0.29, 0.717) is 11.1 Å². The molecule has 0 bridgehead atoms. The molecule has 0 atom stereocenters. The number of carbonyl (C=O) groups is 2. The summed E-state index contributed by atoms with van der Waals surface area (Å²) in [6.07, 6.45) is 0. The Labute approximate surface area is 156 Å². The molecule has 1 aliphatic heterocycles. The van der Waals surface area contributed by atoms with Crippen LogP contribution in [-0.2, 0) is 6.54 Å². The number of aryl methyl sites for hydroxylation is 1. The van der Waals surface area contributed by atoms with Crippen molar-refractivity contribution in [3.63, 3.8) is 0 Å². The number of carbonyl (C=O) groups excluding carboxylic acids is 2. The predicted molar refractivity (Wildman–Crippen MR) is 91.7 cm³/mol. The lowest BCUT2D eigenvalue weighted by atomic mass is 10.1. The summed E-state index contributed by atoms with van der Waals surface area (Å²) in [4.78, 5) is 40.1. The molecule has 2 aromatic carbocycles. The topological polar surface area (TPSA) is 119 Å². The first-order valence-electron chi connectivity index (χ1n) is 8.09. The van der Waals surface area contributed by atoms with Crippen LogP contribution >= 0.6 is 0 Å². The minimum Gasteiger partial charge on any atom is -0.337 e. The van der Waals surface area contributed by atoms with Gasteiger partial charge in [-0.3, -0.25) is 24.6 Å². The van der Waals surface area contributed by atoms with Crippen LogP contribution in [0.25, 0.3) is 11.4 Å². The number of hydrogen-bond donors (Lipinski definition) is 0. The van der Waals surface area contributed by atoms with Gasteiger partial charge in [0.05, 0.1) is 16.1 Å². The van der Waals surface area contributed by atoms with E-state index in [2.05, 4.69) is 10.1 Å². The summed E-state index contributed by atoms with van der Waals surface area (Å²) in [5, 5.41) is 14.6. The van der Waals surface area contributed by atoms with Gasteiger partial charge >= 0.3 is 0 Å². The third-order valence-corrected chi connectivity index (χ3v) is 4.36. The molecule has 0 radical (unpaired) electrons. The van der Waals surface area contributed by atoms with Gasteiger partial charge in [0.15, 0.2) is 0 Å². The second-order valence-electron chi connectivity index (χ2n) is 6.16. The Morgan fingerprint density at radius 1 is 1.14 bits per heavy atom. The van der Waals surface area contributed by atoms with E-state index in [0.717, 1.165) is 17.0 Å². The van der Waals surface area contributed by atoms with Crippen LogP contribution in [0.2, 0.25) is 0 Å². The van der Waals surface area contributed by atoms with E-state index in [1.807, 2.05) is 0 Å². The number of rotatable bonds is 4. The molecule has 0 aliphatic carbocycles. The third kappa shape index (κ3) is 2.80. The maximum Gasteiger partial charge on any atom is 0.270 e. The van der Waals surface area contributed by atoms with Crippen molar-refractivity contribution in [2.24, 2.45) is 0 Å². The molecule has 3 aromatic rings. The van der Waals surface area contributed by atoms with Gasteiger partial charge in [0.25, 0.3) is 17.5 Å². The highest BCUT2D eigenvalue weighted by molar-refractivity contribution is 6.21. The molecule has 0 N–H and O–H groups in total. The molecule has 0 fully saturated rings. The Kier molecular flexibility index (Phi) is 3.95. The SMILES string of the molecule is Cc1ccc(-c2noc(CN3C(=O)c4ccc([N+](=O)[O-])cc4C3=O)n2)cc1F. The highest BCUT2D eigenvalue weighted by Crippen LogP contribution is 2.28. The number of nitro groups is 1. The van der Waals surface area contributed by atoms with Gasteiger partial charge in [-0.2, -0.15) is 4.98 Å². The Hall–Kier alpha value is -3.95. The van der Waals surface area contributed by atoms with Crippen molar-refractivity contribution in [3.05, 3.63) is 74.9 Å². The number of hydrogen-bond acceptors (Lipinski definition) is 7. The van der Waals surface area contributed by atoms with E-state index in [9.17, 15) is 24.1 Å². The van der Waals surface area contributed by atoms with Crippen molar-refractivity contribution in [1.29, 1.82) is 0 Å². The highest BCUT2D eigenvalue weighted by Gasteiger charge is 2.37. The van der Waals surface area contributed by atoms with Crippen LogP contribution in [0.15, 0.2) is 40.9 Å². The first kappa shape index (κ1) is 17.5. The first-order chi connectivity index (χ1) is 13.3. The van der Waals surface area contributed by atoms with Crippen LogP contribution in [0.4, 0.5) is 10.1 Å². The van der Waals surface area contributed by atoms with Crippen molar-refractivity contribution in [1.82, 2.24) is 15.0 Å². The van der Waals surface area contributed by atoms with E-state index in [1.165, 1.54) is 12.1 Å². The zero-order chi connectivity index (χ0) is 20.0. The standard InChI is InChI=1S/C18H11FN4O5/c1-9-2-3-10(6-14(9)19)16-20-15(28-21-16)8-22-17(24)12-5-4-11(23(26)27)7-13(12)18(22)25/h2-7H,8H2,1H3. The number of imide groups is 1. The third-order valence-electron chi connectivity index (χ3n) is 4.36.